The van der Waals surface area contributed by atoms with Crippen molar-refractivity contribution in [3.63, 3.8) is 0 Å². The Morgan fingerprint density at radius 3 is 2.47 bits per heavy atom. The van der Waals surface area contributed by atoms with Gasteiger partial charge in [-0.25, -0.2) is 9.78 Å². The summed E-state index contributed by atoms with van der Waals surface area (Å²) >= 11 is 1.66. The van der Waals surface area contributed by atoms with E-state index in [9.17, 15) is 14.7 Å². The van der Waals surface area contributed by atoms with Crippen LogP contribution < -0.4 is 10.6 Å². The first-order valence-electron chi connectivity index (χ1n) is 14.9. The van der Waals surface area contributed by atoms with Crippen LogP contribution >= 0.6 is 11.8 Å². The molecule has 0 bridgehead atoms. The first kappa shape index (κ1) is 32.2. The number of carbonyl (C=O) groups is 2. The Hall–Kier alpha value is -4.22. The van der Waals surface area contributed by atoms with Crippen molar-refractivity contribution in [1.29, 1.82) is 0 Å². The summed E-state index contributed by atoms with van der Waals surface area (Å²) in [5.41, 5.74) is 5.67. The number of nitrogens with zero attached hydrogens (tertiary/aromatic N) is 1. The number of aliphatic hydroxyl groups is 1. The van der Waals surface area contributed by atoms with Crippen molar-refractivity contribution in [2.24, 2.45) is 0 Å². The minimum atomic E-state index is -0.580. The van der Waals surface area contributed by atoms with E-state index in [4.69, 9.17) is 14.2 Å². The summed E-state index contributed by atoms with van der Waals surface area (Å²) in [5, 5.41) is 15.7. The van der Waals surface area contributed by atoms with Crippen molar-refractivity contribution >= 4 is 23.8 Å². The third-order valence-electron chi connectivity index (χ3n) is 7.24. The molecule has 3 atom stereocenters. The summed E-state index contributed by atoms with van der Waals surface area (Å²) in [6, 6.07) is 29.3. The van der Waals surface area contributed by atoms with Crippen molar-refractivity contribution in [1.82, 2.24) is 15.6 Å². The van der Waals surface area contributed by atoms with Gasteiger partial charge in [-0.1, -0.05) is 66.7 Å². The van der Waals surface area contributed by atoms with Gasteiger partial charge in [-0.3, -0.25) is 4.79 Å². The summed E-state index contributed by atoms with van der Waals surface area (Å²) in [7, 11) is 0. The molecular weight excluding hydrogens is 590 g/mol. The zero-order valence-electron chi connectivity index (χ0n) is 25.1. The van der Waals surface area contributed by atoms with Crippen molar-refractivity contribution < 1.29 is 28.9 Å². The van der Waals surface area contributed by atoms with E-state index in [2.05, 4.69) is 21.7 Å². The van der Waals surface area contributed by atoms with Gasteiger partial charge in [0.05, 0.1) is 30.4 Å². The maximum atomic E-state index is 12.1. The lowest BCUT2D eigenvalue weighted by Crippen LogP contribution is -2.38. The van der Waals surface area contributed by atoms with Gasteiger partial charge in [-0.2, -0.15) is 0 Å². The molecule has 0 saturated carbocycles. The highest BCUT2D eigenvalue weighted by Gasteiger charge is 2.32. The van der Waals surface area contributed by atoms with Crippen molar-refractivity contribution in [3.8, 4) is 11.1 Å². The van der Waals surface area contributed by atoms with Crippen LogP contribution in [-0.2, 0) is 32.2 Å². The summed E-state index contributed by atoms with van der Waals surface area (Å²) < 4.78 is 17.9. The van der Waals surface area contributed by atoms with Gasteiger partial charge in [0.2, 0.25) is 0 Å². The second-order valence-corrected chi connectivity index (χ2v) is 11.5. The van der Waals surface area contributed by atoms with E-state index in [0.717, 1.165) is 44.2 Å². The van der Waals surface area contributed by atoms with Gasteiger partial charge in [0.25, 0.3) is 0 Å². The number of nitrogens with one attached hydrogen (secondary N) is 2. The topological polar surface area (TPSA) is 119 Å². The van der Waals surface area contributed by atoms with Crippen molar-refractivity contribution in [3.05, 3.63) is 119 Å². The fourth-order valence-electron chi connectivity index (χ4n) is 4.97. The van der Waals surface area contributed by atoms with Crippen LogP contribution in [0, 0.1) is 0 Å². The number of esters is 1. The van der Waals surface area contributed by atoms with Crippen LogP contribution in [0.5, 0.6) is 0 Å². The number of thioether (sulfide) groups is 1. The van der Waals surface area contributed by atoms with Crippen LogP contribution in [-0.4, -0.2) is 47.1 Å². The number of rotatable bonds is 12. The summed E-state index contributed by atoms with van der Waals surface area (Å²) in [6.07, 6.45) is 1.64. The monoisotopic (exact) mass is 627 g/mol. The molecule has 2 amide bonds. The summed E-state index contributed by atoms with van der Waals surface area (Å²) in [4.78, 5) is 28.1. The minimum absolute atomic E-state index is 0.00633. The third-order valence-corrected chi connectivity index (χ3v) is 8.32. The number of pyridine rings is 1. The lowest BCUT2D eigenvalue weighted by Gasteiger charge is -2.36. The molecule has 1 aromatic heterocycles. The second-order valence-electron chi connectivity index (χ2n) is 10.5. The zero-order chi connectivity index (χ0) is 31.4. The molecule has 3 N–H and O–H groups in total. The average molecular weight is 628 g/mol. The van der Waals surface area contributed by atoms with Crippen molar-refractivity contribution in [2.75, 3.05) is 18.9 Å². The Morgan fingerprint density at radius 2 is 1.71 bits per heavy atom. The van der Waals surface area contributed by atoms with Gasteiger partial charge < -0.3 is 30.0 Å². The molecule has 1 fully saturated rings. The molecule has 5 rings (SSSR count). The molecule has 1 saturated heterocycles. The molecule has 3 aromatic carbocycles. The molecule has 10 heteroatoms. The highest BCUT2D eigenvalue weighted by molar-refractivity contribution is 7.99. The first-order valence-corrected chi connectivity index (χ1v) is 15.9. The highest BCUT2D eigenvalue weighted by atomic mass is 32.2. The number of hydrogen-bond acceptors (Lipinski definition) is 8. The number of urea groups is 1. The van der Waals surface area contributed by atoms with Crippen LogP contribution in [0.2, 0.25) is 0 Å². The van der Waals surface area contributed by atoms with Crippen LogP contribution in [0.3, 0.4) is 0 Å². The molecule has 0 radical (unpaired) electrons. The molecule has 0 unspecified atom stereocenters. The first-order chi connectivity index (χ1) is 22.0. The molecule has 45 heavy (non-hydrogen) atoms. The molecule has 4 aromatic rings. The quantitative estimate of drug-likeness (QED) is 0.130. The van der Waals surface area contributed by atoms with E-state index >= 15 is 0 Å². The van der Waals surface area contributed by atoms with E-state index in [-0.39, 0.29) is 32.0 Å². The maximum Gasteiger partial charge on any atom is 0.325 e. The predicted molar refractivity (Wildman–Crippen MR) is 172 cm³/mol. The average Bonchev–Trinajstić information content (AvgIpc) is 3.09. The lowest BCUT2D eigenvalue weighted by molar-refractivity contribution is -0.245. The summed E-state index contributed by atoms with van der Waals surface area (Å²) in [5.74, 6) is 0.245. The molecule has 1 aliphatic rings. The SMILES string of the molecule is CCOC(=O)CNC(=O)NCc1cccc(-c2cccc([C@@H]3O[C@H](CSc4ccccn4)C[C@H](c4ccc(CO)cc4)O3)c2)c1. The molecular formula is C35H37N3O6S. The van der Waals surface area contributed by atoms with Crippen molar-refractivity contribution in [2.45, 2.75) is 50.0 Å². The van der Waals surface area contributed by atoms with Gasteiger partial charge in [0.15, 0.2) is 6.29 Å². The molecule has 9 nitrogen and oxygen atoms in total. The fourth-order valence-corrected chi connectivity index (χ4v) is 5.85. The standard InChI is InChI=1S/C35H37N3O6S/c1-2-42-33(40)21-38-35(41)37-20-25-7-5-8-27(17-25)28-9-6-10-29(18-28)34-43-30(23-45-32-11-3-4-16-36-32)19-31(44-34)26-14-12-24(22-39)13-15-26/h3-18,30-31,34,39H,2,19-23H2,1H3,(H2,37,38,41)/t30-,31+,34+/m0/s1. The number of ether oxygens (including phenoxy) is 3. The number of carbonyl (C=O) groups excluding carboxylic acids is 2. The maximum absolute atomic E-state index is 12.1. The number of hydrogen-bond donors (Lipinski definition) is 3. The molecule has 0 spiro atoms. The van der Waals surface area contributed by atoms with Gasteiger partial charge >= 0.3 is 12.0 Å². The fraction of sp³-hybridized carbons (Fsp3) is 0.286. The largest absolute Gasteiger partial charge is 0.465 e. The highest BCUT2D eigenvalue weighted by Crippen LogP contribution is 2.40. The Morgan fingerprint density at radius 1 is 0.911 bits per heavy atom. The molecule has 0 aliphatic carbocycles. The molecule has 2 heterocycles. The second kappa shape index (κ2) is 16.2. The molecule has 234 valence electrons. The van der Waals surface area contributed by atoms with Gasteiger partial charge in [0.1, 0.15) is 6.54 Å². The number of amides is 2. The van der Waals surface area contributed by atoms with Crippen LogP contribution in [0.25, 0.3) is 11.1 Å². The van der Waals surface area contributed by atoms with E-state index in [0.29, 0.717) is 13.0 Å². The Labute approximate surface area is 267 Å². The Balaban J connectivity index is 1.29. The predicted octanol–water partition coefficient (Wildman–Crippen LogP) is 5.94. The van der Waals surface area contributed by atoms with Gasteiger partial charge in [-0.05, 0) is 59.0 Å². The van der Waals surface area contributed by atoms with Crippen LogP contribution in [0.1, 0.15) is 48.0 Å². The van der Waals surface area contributed by atoms with E-state index in [1.165, 1.54) is 0 Å². The Kier molecular flexibility index (Phi) is 11.6. The lowest BCUT2D eigenvalue weighted by atomic mass is 9.99. The van der Waals surface area contributed by atoms with Crippen LogP contribution in [0.15, 0.2) is 102 Å². The summed E-state index contributed by atoms with van der Waals surface area (Å²) in [6.45, 7) is 2.08. The number of aliphatic hydroxyl groups excluding tert-OH is 1. The smallest absolute Gasteiger partial charge is 0.325 e. The number of benzene rings is 3. The van der Waals surface area contributed by atoms with E-state index in [1.807, 2.05) is 84.9 Å². The van der Waals surface area contributed by atoms with E-state index < -0.39 is 18.3 Å². The van der Waals surface area contributed by atoms with Crippen LogP contribution in [0.4, 0.5) is 4.79 Å². The third kappa shape index (κ3) is 9.39. The number of aromatic nitrogens is 1. The van der Waals surface area contributed by atoms with E-state index in [1.54, 1.807) is 24.9 Å². The Bertz CT molecular complexity index is 1550. The van der Waals surface area contributed by atoms with Gasteiger partial charge in [-0.15, -0.1) is 11.8 Å². The zero-order valence-corrected chi connectivity index (χ0v) is 25.9. The minimum Gasteiger partial charge on any atom is -0.465 e. The van der Waals surface area contributed by atoms with Gasteiger partial charge in [0, 0.05) is 30.5 Å². The normalized spacial score (nSPS) is 17.8. The molecule has 1 aliphatic heterocycles.